The molecular weight excluding hydrogens is 225 g/mol. The summed E-state index contributed by atoms with van der Waals surface area (Å²) in [7, 11) is 1.31. The lowest BCUT2D eigenvalue weighted by Gasteiger charge is -1.97. The molecule has 0 atom stereocenters. The van der Waals surface area contributed by atoms with Gasteiger partial charge in [0.1, 0.15) is 18.1 Å². The van der Waals surface area contributed by atoms with Gasteiger partial charge in [0.15, 0.2) is 0 Å². The molecule has 0 aliphatic heterocycles. The van der Waals surface area contributed by atoms with Crippen LogP contribution < -0.4 is 0 Å². The first-order valence-corrected chi connectivity index (χ1v) is 4.92. The van der Waals surface area contributed by atoms with Gasteiger partial charge in [-0.05, 0) is 24.3 Å². The zero-order valence-corrected chi connectivity index (χ0v) is 9.13. The molecule has 2 rings (SSSR count). The van der Waals surface area contributed by atoms with E-state index in [1.165, 1.54) is 23.9 Å². The Bertz CT molecular complexity index is 522. The second kappa shape index (κ2) is 4.73. The summed E-state index contributed by atoms with van der Waals surface area (Å²) in [6.07, 6.45) is 1.60. The lowest BCUT2D eigenvalue weighted by Crippen LogP contribution is -2.11. The van der Waals surface area contributed by atoms with E-state index in [1.54, 1.807) is 18.3 Å². The first kappa shape index (κ1) is 11.3. The van der Waals surface area contributed by atoms with Crippen molar-refractivity contribution in [2.75, 3.05) is 7.11 Å². The van der Waals surface area contributed by atoms with Crippen LogP contribution in [0.3, 0.4) is 0 Å². The van der Waals surface area contributed by atoms with Crippen LogP contribution in [0.25, 0.3) is 11.3 Å². The molecule has 1 heterocycles. The van der Waals surface area contributed by atoms with Crippen LogP contribution >= 0.6 is 0 Å². The van der Waals surface area contributed by atoms with Crippen LogP contribution in [0.1, 0.15) is 0 Å². The van der Waals surface area contributed by atoms with Gasteiger partial charge < -0.3 is 4.74 Å². The normalized spacial score (nSPS) is 10.2. The molecule has 1 aromatic carbocycles. The maximum Gasteiger partial charge on any atom is 0.327 e. The second-order valence-electron chi connectivity index (χ2n) is 3.38. The SMILES string of the molecule is COC(=O)Cn1cc(-c2ccc(F)cc2)nn1. The Labute approximate surface area is 96.8 Å². The molecule has 2 aromatic rings. The number of halogens is 1. The number of hydrogen-bond donors (Lipinski definition) is 0. The summed E-state index contributed by atoms with van der Waals surface area (Å²) < 4.78 is 18.6. The molecule has 6 heteroatoms. The van der Waals surface area contributed by atoms with Crippen molar-refractivity contribution in [1.29, 1.82) is 0 Å². The number of esters is 1. The molecule has 0 spiro atoms. The fourth-order valence-electron chi connectivity index (χ4n) is 1.33. The zero-order chi connectivity index (χ0) is 12.3. The minimum atomic E-state index is -0.402. The quantitative estimate of drug-likeness (QED) is 0.751. The Kier molecular flexibility index (Phi) is 3.13. The number of hydrogen-bond acceptors (Lipinski definition) is 4. The van der Waals surface area contributed by atoms with E-state index in [-0.39, 0.29) is 12.4 Å². The number of carbonyl (C=O) groups excluding carboxylic acids is 1. The van der Waals surface area contributed by atoms with Crippen molar-refractivity contribution in [2.45, 2.75) is 6.54 Å². The summed E-state index contributed by atoms with van der Waals surface area (Å²) in [5, 5.41) is 7.66. The molecule has 0 aliphatic rings. The predicted octanol–water partition coefficient (Wildman–Crippen LogP) is 1.26. The summed E-state index contributed by atoms with van der Waals surface area (Å²) in [6, 6.07) is 5.88. The van der Waals surface area contributed by atoms with Gasteiger partial charge in [0.25, 0.3) is 0 Å². The molecule has 5 nitrogen and oxygen atoms in total. The molecule has 1 aromatic heterocycles. The second-order valence-corrected chi connectivity index (χ2v) is 3.38. The average Bonchev–Trinajstić information content (AvgIpc) is 2.78. The molecular formula is C11H10FN3O2. The van der Waals surface area contributed by atoms with Gasteiger partial charge in [-0.3, -0.25) is 4.79 Å². The van der Waals surface area contributed by atoms with Crippen molar-refractivity contribution in [3.8, 4) is 11.3 Å². The van der Waals surface area contributed by atoms with E-state index in [0.29, 0.717) is 5.69 Å². The number of ether oxygens (including phenoxy) is 1. The maximum atomic E-state index is 12.7. The van der Waals surface area contributed by atoms with Crippen molar-refractivity contribution in [3.05, 3.63) is 36.3 Å². The Morgan fingerprint density at radius 3 is 2.76 bits per heavy atom. The third-order valence-electron chi connectivity index (χ3n) is 2.20. The van der Waals surface area contributed by atoms with Crippen molar-refractivity contribution >= 4 is 5.97 Å². The highest BCUT2D eigenvalue weighted by atomic mass is 19.1. The Morgan fingerprint density at radius 1 is 1.41 bits per heavy atom. The average molecular weight is 235 g/mol. The van der Waals surface area contributed by atoms with Crippen molar-refractivity contribution in [3.63, 3.8) is 0 Å². The molecule has 0 radical (unpaired) electrons. The van der Waals surface area contributed by atoms with Crippen LogP contribution in [-0.2, 0) is 16.1 Å². The first-order chi connectivity index (χ1) is 8.19. The number of methoxy groups -OCH3 is 1. The van der Waals surface area contributed by atoms with Crippen LogP contribution in [-0.4, -0.2) is 28.1 Å². The first-order valence-electron chi connectivity index (χ1n) is 4.92. The Balaban J connectivity index is 2.18. The minimum Gasteiger partial charge on any atom is -0.468 e. The fourth-order valence-corrected chi connectivity index (χ4v) is 1.33. The molecule has 0 aliphatic carbocycles. The highest BCUT2D eigenvalue weighted by molar-refractivity contribution is 5.69. The van der Waals surface area contributed by atoms with Crippen LogP contribution in [0.5, 0.6) is 0 Å². The third kappa shape index (κ3) is 2.66. The van der Waals surface area contributed by atoms with Gasteiger partial charge in [-0.1, -0.05) is 5.21 Å². The molecule has 0 unspecified atom stereocenters. The molecule has 0 fully saturated rings. The van der Waals surface area contributed by atoms with Crippen LogP contribution in [0, 0.1) is 5.82 Å². The van der Waals surface area contributed by atoms with E-state index in [2.05, 4.69) is 15.0 Å². The molecule has 0 amide bonds. The lowest BCUT2D eigenvalue weighted by molar-refractivity contribution is -0.141. The summed E-state index contributed by atoms with van der Waals surface area (Å²) >= 11 is 0. The Morgan fingerprint density at radius 2 is 2.12 bits per heavy atom. The lowest BCUT2D eigenvalue weighted by atomic mass is 10.2. The van der Waals surface area contributed by atoms with Crippen molar-refractivity contribution < 1.29 is 13.9 Å². The smallest absolute Gasteiger partial charge is 0.327 e. The van der Waals surface area contributed by atoms with Crippen molar-refractivity contribution in [2.24, 2.45) is 0 Å². The third-order valence-corrected chi connectivity index (χ3v) is 2.20. The minimum absolute atomic E-state index is 0.00466. The molecule has 0 saturated heterocycles. The van der Waals surface area contributed by atoms with Crippen molar-refractivity contribution in [1.82, 2.24) is 15.0 Å². The highest BCUT2D eigenvalue weighted by Crippen LogP contribution is 2.16. The predicted molar refractivity (Wildman–Crippen MR) is 57.4 cm³/mol. The van der Waals surface area contributed by atoms with Crippen LogP contribution in [0.15, 0.2) is 30.5 Å². The standard InChI is InChI=1S/C11H10FN3O2/c1-17-11(16)7-15-6-10(13-14-15)8-2-4-9(12)5-3-8/h2-6H,7H2,1H3. The molecule has 88 valence electrons. The molecule has 17 heavy (non-hydrogen) atoms. The van der Waals surface area contributed by atoms with E-state index in [0.717, 1.165) is 5.56 Å². The van der Waals surface area contributed by atoms with Gasteiger partial charge in [-0.2, -0.15) is 0 Å². The highest BCUT2D eigenvalue weighted by Gasteiger charge is 2.07. The van der Waals surface area contributed by atoms with Gasteiger partial charge in [-0.25, -0.2) is 9.07 Å². The molecule has 0 bridgehead atoms. The topological polar surface area (TPSA) is 57.0 Å². The number of benzene rings is 1. The monoisotopic (exact) mass is 235 g/mol. The largest absolute Gasteiger partial charge is 0.468 e. The summed E-state index contributed by atoms with van der Waals surface area (Å²) in [4.78, 5) is 11.0. The van der Waals surface area contributed by atoms with Gasteiger partial charge >= 0.3 is 5.97 Å². The van der Waals surface area contributed by atoms with E-state index in [4.69, 9.17) is 0 Å². The van der Waals surface area contributed by atoms with Gasteiger partial charge in [0, 0.05) is 5.56 Å². The summed E-state index contributed by atoms with van der Waals surface area (Å²) in [5.74, 6) is -0.712. The molecule has 0 saturated carbocycles. The number of carbonyl (C=O) groups is 1. The number of aromatic nitrogens is 3. The summed E-state index contributed by atoms with van der Waals surface area (Å²) in [5.41, 5.74) is 1.32. The van der Waals surface area contributed by atoms with E-state index >= 15 is 0 Å². The maximum absolute atomic E-state index is 12.7. The van der Waals surface area contributed by atoms with Crippen LogP contribution in [0.2, 0.25) is 0 Å². The van der Waals surface area contributed by atoms with Gasteiger partial charge in [-0.15, -0.1) is 5.10 Å². The van der Waals surface area contributed by atoms with E-state index in [9.17, 15) is 9.18 Å². The van der Waals surface area contributed by atoms with E-state index in [1.807, 2.05) is 0 Å². The van der Waals surface area contributed by atoms with Gasteiger partial charge in [0.05, 0.1) is 13.3 Å². The Hall–Kier alpha value is -2.24. The zero-order valence-electron chi connectivity index (χ0n) is 9.13. The fraction of sp³-hybridized carbons (Fsp3) is 0.182. The molecule has 0 N–H and O–H groups in total. The number of nitrogens with zero attached hydrogens (tertiary/aromatic N) is 3. The van der Waals surface area contributed by atoms with Gasteiger partial charge in [0.2, 0.25) is 0 Å². The van der Waals surface area contributed by atoms with Crippen LogP contribution in [0.4, 0.5) is 4.39 Å². The summed E-state index contributed by atoms with van der Waals surface area (Å²) in [6.45, 7) is 0.00466. The number of rotatable bonds is 3. The van der Waals surface area contributed by atoms with E-state index < -0.39 is 5.97 Å².